The predicted molar refractivity (Wildman–Crippen MR) is 129 cm³/mol. The molecule has 1 spiro atoms. The van der Waals surface area contributed by atoms with E-state index in [1.165, 1.54) is 0 Å². The van der Waals surface area contributed by atoms with Crippen molar-refractivity contribution in [2.24, 2.45) is 5.92 Å². The molecule has 184 valence electrons. The lowest BCUT2D eigenvalue weighted by Gasteiger charge is -2.38. The molecule has 0 saturated heterocycles. The Hall–Kier alpha value is -2.82. The topological polar surface area (TPSA) is 83.1 Å². The summed E-state index contributed by atoms with van der Waals surface area (Å²) >= 11 is 0. The molecule has 1 heterocycles. The molecule has 0 aromatic heterocycles. The summed E-state index contributed by atoms with van der Waals surface area (Å²) in [6.07, 6.45) is 2.78. The van der Waals surface area contributed by atoms with Gasteiger partial charge in [-0.05, 0) is 57.2 Å². The van der Waals surface area contributed by atoms with E-state index >= 15 is 0 Å². The molecule has 1 saturated carbocycles. The van der Waals surface area contributed by atoms with Crippen LogP contribution in [0.5, 0.6) is 5.75 Å². The first-order chi connectivity index (χ1) is 16.3. The number of hydrogen-bond donors (Lipinski definition) is 1. The highest BCUT2D eigenvalue weighted by molar-refractivity contribution is 6.24. The maximum Gasteiger partial charge on any atom is 0.313 e. The number of carbonyl (C=O) groups excluding carboxylic acids is 2. The molecule has 34 heavy (non-hydrogen) atoms. The average molecular weight is 470 g/mol. The van der Waals surface area contributed by atoms with Crippen molar-refractivity contribution in [1.82, 2.24) is 5.32 Å². The number of hydrogen-bond acceptors (Lipinski definition) is 6. The fourth-order valence-electron chi connectivity index (χ4n) is 4.63. The molecule has 0 atom stereocenters. The summed E-state index contributed by atoms with van der Waals surface area (Å²) in [6.45, 7) is 8.31. The minimum absolute atomic E-state index is 0.0759. The van der Waals surface area contributed by atoms with Gasteiger partial charge >= 0.3 is 5.97 Å². The van der Waals surface area contributed by atoms with Gasteiger partial charge in [0.1, 0.15) is 11.5 Å². The normalized spacial score (nSPS) is 22.0. The molecule has 1 aromatic carbocycles. The van der Waals surface area contributed by atoms with E-state index in [-0.39, 0.29) is 23.9 Å². The number of rotatable bonds is 8. The van der Waals surface area contributed by atoms with Crippen LogP contribution in [0.25, 0.3) is 5.57 Å². The number of nitrogens with one attached hydrogen (secondary N) is 1. The third-order valence-electron chi connectivity index (χ3n) is 6.38. The third kappa shape index (κ3) is 5.29. The standard InChI is InChI=1S/C27H35NO6/c1-7-8-19-15-18(4)22(21(16-19)32-6)23-24(34-26(30)17(2)3)27(28-25(23)29)11-9-20(10-12-27)33-14-13-31-5/h15-17,20H,9-14H2,1-6H3,(H,28,29). The number of ether oxygens (including phenoxy) is 4. The van der Waals surface area contributed by atoms with E-state index in [4.69, 9.17) is 18.9 Å². The maximum absolute atomic E-state index is 13.4. The van der Waals surface area contributed by atoms with Gasteiger partial charge in [0.05, 0.1) is 43.5 Å². The predicted octanol–water partition coefficient (Wildman–Crippen LogP) is 3.76. The van der Waals surface area contributed by atoms with Crippen molar-refractivity contribution in [1.29, 1.82) is 0 Å². The van der Waals surface area contributed by atoms with Gasteiger partial charge in [-0.25, -0.2) is 0 Å². The monoisotopic (exact) mass is 469 g/mol. The third-order valence-corrected chi connectivity index (χ3v) is 6.38. The van der Waals surface area contributed by atoms with Gasteiger partial charge in [-0.2, -0.15) is 0 Å². The van der Waals surface area contributed by atoms with Gasteiger partial charge in [0.2, 0.25) is 0 Å². The Morgan fingerprint density at radius 2 is 1.91 bits per heavy atom. The average Bonchev–Trinajstić information content (AvgIpc) is 3.05. The van der Waals surface area contributed by atoms with Crippen molar-refractivity contribution in [2.45, 2.75) is 65.0 Å². The van der Waals surface area contributed by atoms with Crippen LogP contribution in [0, 0.1) is 24.7 Å². The van der Waals surface area contributed by atoms with E-state index in [2.05, 4.69) is 17.2 Å². The Balaban J connectivity index is 2.06. The molecule has 0 bridgehead atoms. The summed E-state index contributed by atoms with van der Waals surface area (Å²) in [6, 6.07) is 3.73. The fourth-order valence-corrected chi connectivity index (χ4v) is 4.63. The number of esters is 1. The maximum atomic E-state index is 13.4. The lowest BCUT2D eigenvalue weighted by atomic mass is 9.79. The van der Waals surface area contributed by atoms with Crippen molar-refractivity contribution in [3.8, 4) is 17.6 Å². The van der Waals surface area contributed by atoms with Gasteiger partial charge in [-0.15, -0.1) is 5.92 Å². The van der Waals surface area contributed by atoms with E-state index in [0.717, 1.165) is 24.0 Å². The van der Waals surface area contributed by atoms with Crippen molar-refractivity contribution in [3.05, 3.63) is 34.6 Å². The zero-order chi connectivity index (χ0) is 24.9. The lowest BCUT2D eigenvalue weighted by Crippen LogP contribution is -2.49. The van der Waals surface area contributed by atoms with Crippen LogP contribution < -0.4 is 10.1 Å². The highest BCUT2D eigenvalue weighted by Gasteiger charge is 2.50. The molecule has 1 amide bonds. The molecular formula is C27H35NO6. The van der Waals surface area contributed by atoms with E-state index in [0.29, 0.717) is 48.7 Å². The van der Waals surface area contributed by atoms with Crippen LogP contribution in [-0.2, 0) is 23.8 Å². The summed E-state index contributed by atoms with van der Waals surface area (Å²) in [7, 11) is 3.21. The zero-order valence-corrected chi connectivity index (χ0v) is 21.0. The number of carbonyl (C=O) groups is 2. The lowest BCUT2D eigenvalue weighted by molar-refractivity contribution is -0.144. The molecule has 1 aliphatic heterocycles. The number of benzene rings is 1. The highest BCUT2D eigenvalue weighted by Crippen LogP contribution is 2.46. The summed E-state index contributed by atoms with van der Waals surface area (Å²) < 4.78 is 22.6. The molecule has 1 aromatic rings. The molecule has 1 N–H and O–H groups in total. The first-order valence-electron chi connectivity index (χ1n) is 11.8. The van der Waals surface area contributed by atoms with Crippen molar-refractivity contribution < 1.29 is 28.5 Å². The van der Waals surface area contributed by atoms with Crippen LogP contribution in [0.3, 0.4) is 0 Å². The molecule has 1 aliphatic carbocycles. The van der Waals surface area contributed by atoms with Gasteiger partial charge in [-0.1, -0.05) is 19.8 Å². The molecule has 7 heteroatoms. The quantitative estimate of drug-likeness (QED) is 0.355. The van der Waals surface area contributed by atoms with Crippen LogP contribution in [0.2, 0.25) is 0 Å². The first-order valence-corrected chi connectivity index (χ1v) is 11.8. The van der Waals surface area contributed by atoms with Crippen LogP contribution in [0.1, 0.15) is 63.1 Å². The second-order valence-electron chi connectivity index (χ2n) is 9.12. The molecule has 7 nitrogen and oxygen atoms in total. The van der Waals surface area contributed by atoms with Gasteiger partial charge in [0, 0.05) is 18.2 Å². The van der Waals surface area contributed by atoms with Crippen LogP contribution in [0.15, 0.2) is 17.9 Å². The summed E-state index contributed by atoms with van der Waals surface area (Å²) in [5.41, 5.74) is 1.86. The summed E-state index contributed by atoms with van der Waals surface area (Å²) in [5, 5.41) is 3.16. The Morgan fingerprint density at radius 1 is 1.21 bits per heavy atom. The van der Waals surface area contributed by atoms with Crippen LogP contribution in [0.4, 0.5) is 0 Å². The van der Waals surface area contributed by atoms with Crippen LogP contribution in [-0.4, -0.2) is 51.0 Å². The highest BCUT2D eigenvalue weighted by atomic mass is 16.5. The first kappa shape index (κ1) is 25.8. The number of aryl methyl sites for hydroxylation is 1. The molecule has 3 rings (SSSR count). The molecular weight excluding hydrogens is 434 g/mol. The van der Waals surface area contributed by atoms with E-state index in [9.17, 15) is 9.59 Å². The summed E-state index contributed by atoms with van der Waals surface area (Å²) in [4.78, 5) is 26.2. The van der Waals surface area contributed by atoms with E-state index in [1.54, 1.807) is 35.0 Å². The second-order valence-corrected chi connectivity index (χ2v) is 9.12. The summed E-state index contributed by atoms with van der Waals surface area (Å²) in [5.74, 6) is 5.88. The van der Waals surface area contributed by atoms with Crippen molar-refractivity contribution in [3.63, 3.8) is 0 Å². The van der Waals surface area contributed by atoms with Gasteiger partial charge in [-0.3, -0.25) is 9.59 Å². The minimum atomic E-state index is -0.753. The van der Waals surface area contributed by atoms with Gasteiger partial charge < -0.3 is 24.3 Å². The molecule has 0 radical (unpaired) electrons. The zero-order valence-electron chi connectivity index (χ0n) is 21.0. The van der Waals surface area contributed by atoms with Crippen LogP contribution >= 0.6 is 0 Å². The Kier molecular flexibility index (Phi) is 8.40. The molecule has 2 aliphatic rings. The molecule has 1 fully saturated rings. The minimum Gasteiger partial charge on any atom is -0.496 e. The largest absolute Gasteiger partial charge is 0.496 e. The van der Waals surface area contributed by atoms with Gasteiger partial charge in [0.15, 0.2) is 0 Å². The number of amides is 1. The van der Waals surface area contributed by atoms with Gasteiger partial charge in [0.25, 0.3) is 5.91 Å². The Labute approximate surface area is 202 Å². The SMILES string of the molecule is CC#Cc1cc(C)c(C2=C(OC(=O)C(C)C)C3(CCC(OCCOC)CC3)NC2=O)c(OC)c1. The smallest absolute Gasteiger partial charge is 0.313 e. The van der Waals surface area contributed by atoms with E-state index < -0.39 is 5.54 Å². The van der Waals surface area contributed by atoms with Crippen molar-refractivity contribution in [2.75, 3.05) is 27.4 Å². The van der Waals surface area contributed by atoms with E-state index in [1.807, 2.05) is 19.1 Å². The fraction of sp³-hybridized carbons (Fsp3) is 0.556. The Bertz CT molecular complexity index is 1020. The van der Waals surface area contributed by atoms with Crippen molar-refractivity contribution >= 4 is 17.4 Å². The Morgan fingerprint density at radius 3 is 2.50 bits per heavy atom. The number of methoxy groups -OCH3 is 2. The second kappa shape index (κ2) is 11.1. The molecule has 0 unspecified atom stereocenters.